The molecular formula is C14H16N4O5S2. The van der Waals surface area contributed by atoms with Crippen molar-refractivity contribution in [3.05, 3.63) is 42.0 Å². The first-order valence-corrected chi connectivity index (χ1v) is 10.6. The largest absolute Gasteiger partial charge is 0.305 e. The summed E-state index contributed by atoms with van der Waals surface area (Å²) in [6.07, 6.45) is 2.02. The number of carbonyl (C=O) groups is 1. The molecule has 0 unspecified atom stereocenters. The fraction of sp³-hybridized carbons (Fsp3) is 0.214. The summed E-state index contributed by atoms with van der Waals surface area (Å²) in [5.74, 6) is -0.568. The number of aromatic nitrogens is 2. The molecule has 134 valence electrons. The van der Waals surface area contributed by atoms with Crippen LogP contribution in [0.4, 0.5) is 11.5 Å². The second kappa shape index (κ2) is 6.76. The molecule has 1 amide bonds. The predicted octanol–water partition coefficient (Wildman–Crippen LogP) is 0.528. The lowest BCUT2D eigenvalue weighted by Crippen LogP contribution is -2.27. The van der Waals surface area contributed by atoms with Gasteiger partial charge in [0.15, 0.2) is 20.7 Å². The lowest BCUT2D eigenvalue weighted by atomic mass is 10.1. The van der Waals surface area contributed by atoms with Crippen molar-refractivity contribution >= 4 is 37.3 Å². The standard InChI is InChI=1S/C14H16N4O5S2/c1-18(25(3,22)23)11-7-5-4-6-10(11)14(19)15-12-8-9-13(17-16-12)24(2,20)21/h4-9H,1-3H3,(H,15,16,19). The van der Waals surface area contributed by atoms with E-state index in [1.54, 1.807) is 12.1 Å². The minimum Gasteiger partial charge on any atom is -0.305 e. The van der Waals surface area contributed by atoms with Crippen LogP contribution in [0.2, 0.25) is 0 Å². The zero-order chi connectivity index (χ0) is 18.8. The summed E-state index contributed by atoms with van der Waals surface area (Å²) in [7, 11) is -5.71. The summed E-state index contributed by atoms with van der Waals surface area (Å²) in [6, 6.07) is 8.66. The number of nitrogens with one attached hydrogen (secondary N) is 1. The van der Waals surface area contributed by atoms with Gasteiger partial charge in [0.2, 0.25) is 10.0 Å². The van der Waals surface area contributed by atoms with Crippen LogP contribution in [0.3, 0.4) is 0 Å². The number of para-hydroxylation sites is 1. The van der Waals surface area contributed by atoms with Crippen molar-refractivity contribution in [1.29, 1.82) is 0 Å². The Morgan fingerprint density at radius 3 is 2.16 bits per heavy atom. The smallest absolute Gasteiger partial charge is 0.259 e. The van der Waals surface area contributed by atoms with Crippen LogP contribution in [0.25, 0.3) is 0 Å². The van der Waals surface area contributed by atoms with Gasteiger partial charge in [0.1, 0.15) is 0 Å². The van der Waals surface area contributed by atoms with E-state index in [1.807, 2.05) is 0 Å². The van der Waals surface area contributed by atoms with Crippen LogP contribution >= 0.6 is 0 Å². The first-order chi connectivity index (χ1) is 11.5. The molecule has 0 radical (unpaired) electrons. The second-order valence-electron chi connectivity index (χ2n) is 5.23. The summed E-state index contributed by atoms with van der Waals surface area (Å²) in [5.41, 5.74) is 0.313. The third-order valence-corrected chi connectivity index (χ3v) is 5.42. The quantitative estimate of drug-likeness (QED) is 0.796. The molecule has 0 atom stereocenters. The summed E-state index contributed by atoms with van der Waals surface area (Å²) >= 11 is 0. The van der Waals surface area contributed by atoms with Gasteiger partial charge in [-0.05, 0) is 24.3 Å². The molecule has 0 bridgehead atoms. The molecule has 1 heterocycles. The normalized spacial score (nSPS) is 11.8. The Kier molecular flexibility index (Phi) is 5.09. The molecule has 0 saturated carbocycles. The van der Waals surface area contributed by atoms with Crippen molar-refractivity contribution in [2.75, 3.05) is 29.2 Å². The van der Waals surface area contributed by atoms with Gasteiger partial charge in [-0.15, -0.1) is 10.2 Å². The lowest BCUT2D eigenvalue weighted by molar-refractivity contribution is 0.102. The minimum absolute atomic E-state index is 0.0363. The monoisotopic (exact) mass is 384 g/mol. The van der Waals surface area contributed by atoms with Gasteiger partial charge < -0.3 is 5.32 Å². The number of anilines is 2. The first kappa shape index (κ1) is 18.8. The van der Waals surface area contributed by atoms with Gasteiger partial charge in [-0.1, -0.05) is 12.1 Å². The van der Waals surface area contributed by atoms with Gasteiger partial charge in [-0.25, -0.2) is 16.8 Å². The molecule has 0 aliphatic rings. The van der Waals surface area contributed by atoms with Gasteiger partial charge in [-0.2, -0.15) is 0 Å². The van der Waals surface area contributed by atoms with Crippen molar-refractivity contribution in [1.82, 2.24) is 10.2 Å². The van der Waals surface area contributed by atoms with Gasteiger partial charge in [0.25, 0.3) is 5.91 Å². The highest BCUT2D eigenvalue weighted by molar-refractivity contribution is 7.92. The van der Waals surface area contributed by atoms with E-state index in [2.05, 4.69) is 15.5 Å². The Morgan fingerprint density at radius 2 is 1.64 bits per heavy atom. The maximum Gasteiger partial charge on any atom is 0.259 e. The number of hydrogen-bond acceptors (Lipinski definition) is 7. The minimum atomic E-state index is -3.55. The van der Waals surface area contributed by atoms with Crippen LogP contribution in [0.1, 0.15) is 10.4 Å². The molecule has 0 spiro atoms. The molecule has 25 heavy (non-hydrogen) atoms. The highest BCUT2D eigenvalue weighted by Crippen LogP contribution is 2.22. The van der Waals surface area contributed by atoms with Crippen molar-refractivity contribution in [2.24, 2.45) is 0 Å². The third-order valence-electron chi connectivity index (χ3n) is 3.25. The molecule has 0 fully saturated rings. The van der Waals surface area contributed by atoms with Crippen LogP contribution in [-0.4, -0.2) is 52.5 Å². The van der Waals surface area contributed by atoms with Gasteiger partial charge in [0, 0.05) is 13.3 Å². The summed E-state index contributed by atoms with van der Waals surface area (Å²) < 4.78 is 47.1. The molecule has 11 heteroatoms. The molecule has 1 aromatic carbocycles. The molecule has 1 aromatic heterocycles. The van der Waals surface area contributed by atoms with E-state index in [1.165, 1.54) is 31.3 Å². The van der Waals surface area contributed by atoms with Crippen molar-refractivity contribution in [3.8, 4) is 0 Å². The zero-order valence-corrected chi connectivity index (χ0v) is 15.3. The number of benzene rings is 1. The highest BCUT2D eigenvalue weighted by Gasteiger charge is 2.20. The number of carbonyl (C=O) groups excluding carboxylic acids is 1. The van der Waals surface area contributed by atoms with E-state index in [4.69, 9.17) is 0 Å². The Hall–Kier alpha value is -2.53. The van der Waals surface area contributed by atoms with Crippen molar-refractivity contribution < 1.29 is 21.6 Å². The number of rotatable bonds is 5. The Balaban J connectivity index is 2.31. The van der Waals surface area contributed by atoms with Gasteiger partial charge in [-0.3, -0.25) is 9.10 Å². The second-order valence-corrected chi connectivity index (χ2v) is 9.21. The van der Waals surface area contributed by atoms with E-state index in [0.717, 1.165) is 16.8 Å². The average Bonchev–Trinajstić information content (AvgIpc) is 2.53. The summed E-state index contributed by atoms with van der Waals surface area (Å²) in [4.78, 5) is 12.4. The Morgan fingerprint density at radius 1 is 1.00 bits per heavy atom. The van der Waals surface area contributed by atoms with E-state index >= 15 is 0 Å². The van der Waals surface area contributed by atoms with E-state index < -0.39 is 25.8 Å². The third kappa shape index (κ3) is 4.51. The van der Waals surface area contributed by atoms with Crippen LogP contribution in [-0.2, 0) is 19.9 Å². The number of sulfone groups is 1. The SMILES string of the molecule is CN(c1ccccc1C(=O)Nc1ccc(S(C)(=O)=O)nn1)S(C)(=O)=O. The Bertz CT molecular complexity index is 1000. The molecular weight excluding hydrogens is 368 g/mol. The van der Waals surface area contributed by atoms with Crippen LogP contribution in [0, 0.1) is 0 Å². The van der Waals surface area contributed by atoms with E-state index in [0.29, 0.717) is 0 Å². The highest BCUT2D eigenvalue weighted by atomic mass is 32.2. The Labute approximate surface area is 145 Å². The van der Waals surface area contributed by atoms with E-state index in [-0.39, 0.29) is 22.1 Å². The van der Waals surface area contributed by atoms with Crippen LogP contribution < -0.4 is 9.62 Å². The molecule has 2 aromatic rings. The lowest BCUT2D eigenvalue weighted by Gasteiger charge is -2.19. The summed E-state index contributed by atoms with van der Waals surface area (Å²) in [5, 5.41) is 9.41. The van der Waals surface area contributed by atoms with Gasteiger partial charge in [0.05, 0.1) is 17.5 Å². The van der Waals surface area contributed by atoms with Crippen molar-refractivity contribution in [2.45, 2.75) is 5.03 Å². The molecule has 0 saturated heterocycles. The van der Waals surface area contributed by atoms with Crippen molar-refractivity contribution in [3.63, 3.8) is 0 Å². The number of sulfonamides is 1. The first-order valence-electron chi connectivity index (χ1n) is 6.88. The number of amides is 1. The predicted molar refractivity (Wildman–Crippen MR) is 92.8 cm³/mol. The fourth-order valence-corrected chi connectivity index (χ4v) is 2.91. The molecule has 2 rings (SSSR count). The molecule has 9 nitrogen and oxygen atoms in total. The maximum atomic E-state index is 12.4. The maximum absolute atomic E-state index is 12.4. The molecule has 0 aliphatic heterocycles. The van der Waals surface area contributed by atoms with E-state index in [9.17, 15) is 21.6 Å². The fourth-order valence-electron chi connectivity index (χ4n) is 1.89. The van der Waals surface area contributed by atoms with Crippen LogP contribution in [0.5, 0.6) is 0 Å². The molecule has 0 aliphatic carbocycles. The van der Waals surface area contributed by atoms with Gasteiger partial charge >= 0.3 is 0 Å². The average molecular weight is 384 g/mol. The van der Waals surface area contributed by atoms with Crippen LogP contribution in [0.15, 0.2) is 41.4 Å². The number of hydrogen-bond donors (Lipinski definition) is 1. The zero-order valence-electron chi connectivity index (χ0n) is 13.7. The summed E-state index contributed by atoms with van der Waals surface area (Å²) in [6.45, 7) is 0. The topological polar surface area (TPSA) is 126 Å². The number of nitrogens with zero attached hydrogens (tertiary/aromatic N) is 3. The molecule has 1 N–H and O–H groups in total.